The Balaban J connectivity index is 1.25. The molecule has 2 aromatic rings. The number of carboxylic acid groups (broad SMARTS) is 1. The van der Waals surface area contributed by atoms with Gasteiger partial charge >= 0.3 is 5.97 Å². The Morgan fingerprint density at radius 2 is 1.75 bits per heavy atom. The van der Waals surface area contributed by atoms with E-state index in [0.717, 1.165) is 50.1 Å². The molecule has 1 aliphatic carbocycles. The highest BCUT2D eigenvalue weighted by molar-refractivity contribution is 6.32. The van der Waals surface area contributed by atoms with Gasteiger partial charge in [0.15, 0.2) is 0 Å². The first-order valence-electron chi connectivity index (χ1n) is 12.4. The van der Waals surface area contributed by atoms with Crippen molar-refractivity contribution >= 4 is 34.9 Å². The van der Waals surface area contributed by atoms with E-state index in [1.807, 2.05) is 41.3 Å². The molecule has 190 valence electrons. The van der Waals surface area contributed by atoms with Crippen LogP contribution < -0.4 is 15.1 Å². The van der Waals surface area contributed by atoms with Crippen molar-refractivity contribution in [2.24, 2.45) is 0 Å². The predicted molar refractivity (Wildman–Crippen MR) is 141 cm³/mol. The Bertz CT molecular complexity index is 1120. The van der Waals surface area contributed by atoms with Gasteiger partial charge in [0.2, 0.25) is 0 Å². The van der Waals surface area contributed by atoms with E-state index in [-0.39, 0.29) is 18.5 Å². The summed E-state index contributed by atoms with van der Waals surface area (Å²) in [6.07, 6.45) is 3.74. The third kappa shape index (κ3) is 6.28. The maximum Gasteiger partial charge on any atom is 0.317 e. The molecule has 2 aromatic carbocycles. The topological polar surface area (TPSA) is 99.9 Å². The molecule has 4 rings (SSSR count). The molecule has 1 aliphatic heterocycles. The molecule has 36 heavy (non-hydrogen) atoms. The zero-order valence-corrected chi connectivity index (χ0v) is 21.2. The number of halogens is 1. The fraction of sp³-hybridized carbons (Fsp3) is 0.444. The number of carbonyl (C=O) groups is 2. The molecule has 0 atom stereocenters. The molecule has 0 unspecified atom stereocenters. The summed E-state index contributed by atoms with van der Waals surface area (Å²) in [4.78, 5) is 30.1. The van der Waals surface area contributed by atoms with E-state index >= 15 is 0 Å². The second kappa shape index (κ2) is 11.6. The summed E-state index contributed by atoms with van der Waals surface area (Å²) < 4.78 is 0. The van der Waals surface area contributed by atoms with Crippen molar-refractivity contribution in [3.63, 3.8) is 0 Å². The molecule has 0 aromatic heterocycles. The van der Waals surface area contributed by atoms with Crippen LogP contribution in [0.3, 0.4) is 0 Å². The molecule has 1 amide bonds. The number of anilines is 2. The second-order valence-electron chi connectivity index (χ2n) is 9.57. The van der Waals surface area contributed by atoms with Gasteiger partial charge in [-0.2, -0.15) is 5.26 Å². The van der Waals surface area contributed by atoms with Crippen LogP contribution in [0.2, 0.25) is 5.02 Å². The minimum atomic E-state index is -0.796. The van der Waals surface area contributed by atoms with Gasteiger partial charge in [0, 0.05) is 62.2 Å². The number of carbonyl (C=O) groups excluding carboxylic acids is 1. The maximum absolute atomic E-state index is 12.8. The van der Waals surface area contributed by atoms with Crippen molar-refractivity contribution in [2.45, 2.75) is 37.8 Å². The number of nitrogens with one attached hydrogen (secondary N) is 1. The summed E-state index contributed by atoms with van der Waals surface area (Å²) in [7, 11) is 2.05. The zero-order chi connectivity index (χ0) is 25.7. The van der Waals surface area contributed by atoms with Gasteiger partial charge in [-0.15, -0.1) is 0 Å². The summed E-state index contributed by atoms with van der Waals surface area (Å²) >= 11 is 6.21. The number of piperazine rings is 1. The Morgan fingerprint density at radius 1 is 1.08 bits per heavy atom. The summed E-state index contributed by atoms with van der Waals surface area (Å²) in [6.45, 7) is 3.04. The van der Waals surface area contributed by atoms with Crippen molar-refractivity contribution in [1.29, 1.82) is 5.26 Å². The molecule has 2 aliphatic rings. The summed E-state index contributed by atoms with van der Waals surface area (Å²) in [6, 6.07) is 15.8. The van der Waals surface area contributed by atoms with Gasteiger partial charge < -0.3 is 20.2 Å². The van der Waals surface area contributed by atoms with Crippen LogP contribution in [0.1, 0.15) is 41.6 Å². The number of nitriles is 1. The second-order valence-corrected chi connectivity index (χ2v) is 9.98. The fourth-order valence-corrected chi connectivity index (χ4v) is 5.30. The van der Waals surface area contributed by atoms with Crippen LogP contribution in [-0.4, -0.2) is 73.7 Å². The average Bonchev–Trinajstić information content (AvgIpc) is 2.89. The molecule has 2 fully saturated rings. The van der Waals surface area contributed by atoms with Gasteiger partial charge in [0.25, 0.3) is 5.91 Å². The van der Waals surface area contributed by atoms with Gasteiger partial charge in [-0.1, -0.05) is 11.6 Å². The SMILES string of the molecule is CN(c1ccc(C#N)c(Cl)c1)C1CCC(NC(=O)c2ccc(N3CCN(CC(=O)O)CC3)cc2)CC1. The van der Waals surface area contributed by atoms with Crippen LogP contribution in [0.5, 0.6) is 0 Å². The number of rotatable bonds is 7. The van der Waals surface area contributed by atoms with E-state index in [1.165, 1.54) is 0 Å². The minimum absolute atomic E-state index is 0.0523. The summed E-state index contributed by atoms with van der Waals surface area (Å²) in [5.41, 5.74) is 3.17. The van der Waals surface area contributed by atoms with Gasteiger partial charge in [-0.3, -0.25) is 14.5 Å². The molecule has 9 heteroatoms. The normalized spacial score (nSPS) is 20.4. The first-order valence-corrected chi connectivity index (χ1v) is 12.7. The highest BCUT2D eigenvalue weighted by Crippen LogP contribution is 2.29. The zero-order valence-electron chi connectivity index (χ0n) is 20.5. The lowest BCUT2D eigenvalue weighted by Gasteiger charge is -2.36. The molecule has 1 heterocycles. The number of nitrogens with zero attached hydrogens (tertiary/aromatic N) is 4. The number of carboxylic acids is 1. The molecule has 1 saturated carbocycles. The lowest BCUT2D eigenvalue weighted by Crippen LogP contribution is -2.48. The summed E-state index contributed by atoms with van der Waals surface area (Å²) in [5, 5.41) is 21.7. The molecule has 2 N–H and O–H groups in total. The van der Waals surface area contributed by atoms with E-state index in [4.69, 9.17) is 22.0 Å². The first kappa shape index (κ1) is 25.8. The molecule has 0 bridgehead atoms. The highest BCUT2D eigenvalue weighted by Gasteiger charge is 2.26. The first-order chi connectivity index (χ1) is 17.3. The Morgan fingerprint density at radius 3 is 2.33 bits per heavy atom. The number of amides is 1. The van der Waals surface area contributed by atoms with Gasteiger partial charge in [0.1, 0.15) is 6.07 Å². The monoisotopic (exact) mass is 509 g/mol. The Hall–Kier alpha value is -3.28. The van der Waals surface area contributed by atoms with Gasteiger partial charge in [-0.05, 0) is 68.1 Å². The molecule has 0 spiro atoms. The Kier molecular flexibility index (Phi) is 8.34. The van der Waals surface area contributed by atoms with E-state index in [2.05, 4.69) is 28.2 Å². The number of hydrogen-bond donors (Lipinski definition) is 2. The molecule has 0 radical (unpaired) electrons. The van der Waals surface area contributed by atoms with Crippen molar-refractivity contribution in [1.82, 2.24) is 10.2 Å². The minimum Gasteiger partial charge on any atom is -0.480 e. The van der Waals surface area contributed by atoms with Crippen molar-refractivity contribution in [3.05, 3.63) is 58.6 Å². The smallest absolute Gasteiger partial charge is 0.317 e. The van der Waals surface area contributed by atoms with E-state index in [9.17, 15) is 9.59 Å². The lowest BCUT2D eigenvalue weighted by atomic mass is 9.90. The molecule has 8 nitrogen and oxygen atoms in total. The predicted octanol–water partition coefficient (Wildman–Crippen LogP) is 3.60. The van der Waals surface area contributed by atoms with E-state index in [1.54, 1.807) is 6.07 Å². The fourth-order valence-electron chi connectivity index (χ4n) is 5.08. The largest absolute Gasteiger partial charge is 0.480 e. The maximum atomic E-state index is 12.8. The quantitative estimate of drug-likeness (QED) is 0.588. The van der Waals surface area contributed by atoms with E-state index < -0.39 is 5.97 Å². The summed E-state index contributed by atoms with van der Waals surface area (Å²) in [5.74, 6) is -0.848. The van der Waals surface area contributed by atoms with Crippen LogP contribution in [0.15, 0.2) is 42.5 Å². The van der Waals surface area contributed by atoms with Crippen LogP contribution in [0, 0.1) is 11.3 Å². The van der Waals surface area contributed by atoms with E-state index in [0.29, 0.717) is 35.3 Å². The number of hydrogen-bond acceptors (Lipinski definition) is 6. The van der Waals surface area contributed by atoms with Crippen molar-refractivity contribution in [3.8, 4) is 6.07 Å². The molecule has 1 saturated heterocycles. The van der Waals surface area contributed by atoms with Crippen molar-refractivity contribution in [2.75, 3.05) is 49.6 Å². The van der Waals surface area contributed by atoms with Crippen LogP contribution in [-0.2, 0) is 4.79 Å². The van der Waals surface area contributed by atoms with Crippen LogP contribution in [0.4, 0.5) is 11.4 Å². The standard InChI is InChI=1S/C27H32ClN5O3/c1-31(24-9-4-20(17-29)25(28)16-24)22-10-5-21(6-11-22)30-27(36)19-2-7-23(8-3-19)33-14-12-32(13-15-33)18-26(34)35/h2-4,7-9,16,21-22H,5-6,10-15,18H2,1H3,(H,30,36)(H,34,35). The number of aliphatic carboxylic acids is 1. The highest BCUT2D eigenvalue weighted by atomic mass is 35.5. The lowest BCUT2D eigenvalue weighted by molar-refractivity contribution is -0.138. The van der Waals surface area contributed by atoms with Crippen LogP contribution in [0.25, 0.3) is 0 Å². The van der Waals surface area contributed by atoms with Gasteiger partial charge in [-0.25, -0.2) is 0 Å². The molecular formula is C27H32ClN5O3. The average molecular weight is 510 g/mol. The third-order valence-corrected chi connectivity index (χ3v) is 7.60. The van der Waals surface area contributed by atoms with Crippen LogP contribution >= 0.6 is 11.6 Å². The third-order valence-electron chi connectivity index (χ3n) is 7.29. The molecular weight excluding hydrogens is 478 g/mol. The Labute approximate surface area is 217 Å². The van der Waals surface area contributed by atoms with Crippen molar-refractivity contribution < 1.29 is 14.7 Å². The number of benzene rings is 2. The van der Waals surface area contributed by atoms with Gasteiger partial charge in [0.05, 0.1) is 17.1 Å².